The molecule has 1 nitrogen and oxygen atoms in total. The Kier molecular flexibility index (Phi) is 2.43. The highest BCUT2D eigenvalue weighted by Crippen LogP contribution is 2.26. The van der Waals surface area contributed by atoms with Gasteiger partial charge in [0.1, 0.15) is 5.82 Å². The van der Waals surface area contributed by atoms with Gasteiger partial charge in [0.2, 0.25) is 0 Å². The molecule has 2 rings (SSSR count). The van der Waals surface area contributed by atoms with Crippen LogP contribution in [0.1, 0.15) is 31.0 Å². The fraction of sp³-hybridized carbons (Fsp3) is 0.308. The van der Waals surface area contributed by atoms with E-state index < -0.39 is 0 Å². The van der Waals surface area contributed by atoms with E-state index in [-0.39, 0.29) is 11.7 Å². The molecule has 0 N–H and O–H groups in total. The minimum Gasteiger partial charge on any atom is -0.253 e. The van der Waals surface area contributed by atoms with Crippen LogP contribution in [0.5, 0.6) is 0 Å². The summed E-state index contributed by atoms with van der Waals surface area (Å²) < 4.78 is 13.7. The number of aryl methyl sites for hydroxylation is 1. The lowest BCUT2D eigenvalue weighted by Gasteiger charge is -2.10. The number of hydrogen-bond donors (Lipinski definition) is 0. The van der Waals surface area contributed by atoms with Crippen molar-refractivity contribution in [1.29, 1.82) is 0 Å². The van der Waals surface area contributed by atoms with Gasteiger partial charge in [0.25, 0.3) is 0 Å². The Labute approximate surface area is 89.0 Å². The average molecular weight is 203 g/mol. The van der Waals surface area contributed by atoms with Gasteiger partial charge in [0.15, 0.2) is 0 Å². The summed E-state index contributed by atoms with van der Waals surface area (Å²) in [6.45, 7) is 5.90. The molecule has 0 atom stereocenters. The van der Waals surface area contributed by atoms with Crippen LogP contribution in [-0.4, -0.2) is 4.98 Å². The van der Waals surface area contributed by atoms with Gasteiger partial charge in [-0.1, -0.05) is 19.9 Å². The molecule has 2 aromatic rings. The van der Waals surface area contributed by atoms with Crippen molar-refractivity contribution in [3.05, 3.63) is 41.3 Å². The standard InChI is InChI=1S/C13H14FN/c1-8(2)12-11(14)7-6-10-5-4-9(3)15-13(10)12/h4-8H,1-3H3. The molecule has 0 saturated heterocycles. The maximum Gasteiger partial charge on any atom is 0.128 e. The normalized spacial score (nSPS) is 11.3. The van der Waals surface area contributed by atoms with Crippen molar-refractivity contribution >= 4 is 10.9 Å². The smallest absolute Gasteiger partial charge is 0.128 e. The molecule has 1 heterocycles. The number of pyridine rings is 1. The molecule has 1 aromatic heterocycles. The second-order valence-electron chi connectivity index (χ2n) is 4.14. The summed E-state index contributed by atoms with van der Waals surface area (Å²) in [5.74, 6) is -0.00130. The average Bonchev–Trinajstić information content (AvgIpc) is 2.16. The first kappa shape index (κ1) is 10.1. The number of rotatable bonds is 1. The van der Waals surface area contributed by atoms with Crippen LogP contribution in [0.4, 0.5) is 4.39 Å². The van der Waals surface area contributed by atoms with Gasteiger partial charge in [-0.15, -0.1) is 0 Å². The summed E-state index contributed by atoms with van der Waals surface area (Å²) in [4.78, 5) is 4.42. The van der Waals surface area contributed by atoms with Crippen molar-refractivity contribution in [2.24, 2.45) is 0 Å². The quantitative estimate of drug-likeness (QED) is 0.686. The molecule has 0 amide bonds. The van der Waals surface area contributed by atoms with Crippen LogP contribution >= 0.6 is 0 Å². The molecule has 15 heavy (non-hydrogen) atoms. The molecule has 0 aliphatic heterocycles. The Bertz CT molecular complexity index is 498. The van der Waals surface area contributed by atoms with Crippen LogP contribution < -0.4 is 0 Å². The summed E-state index contributed by atoms with van der Waals surface area (Å²) in [6.07, 6.45) is 0. The predicted molar refractivity (Wildman–Crippen MR) is 60.5 cm³/mol. The fourth-order valence-electron chi connectivity index (χ4n) is 1.83. The van der Waals surface area contributed by atoms with Gasteiger partial charge in [0, 0.05) is 16.6 Å². The fourth-order valence-corrected chi connectivity index (χ4v) is 1.83. The molecule has 0 spiro atoms. The van der Waals surface area contributed by atoms with Gasteiger partial charge in [0.05, 0.1) is 5.52 Å². The van der Waals surface area contributed by atoms with E-state index in [0.717, 1.165) is 22.2 Å². The maximum atomic E-state index is 13.7. The van der Waals surface area contributed by atoms with Gasteiger partial charge in [-0.05, 0) is 31.0 Å². The Morgan fingerprint density at radius 2 is 1.80 bits per heavy atom. The molecule has 2 heteroatoms. The van der Waals surface area contributed by atoms with Gasteiger partial charge in [-0.3, -0.25) is 4.98 Å². The molecule has 0 fully saturated rings. The first-order valence-electron chi connectivity index (χ1n) is 5.15. The molecule has 0 unspecified atom stereocenters. The van der Waals surface area contributed by atoms with E-state index in [1.807, 2.05) is 32.9 Å². The Morgan fingerprint density at radius 1 is 1.13 bits per heavy atom. The second-order valence-corrected chi connectivity index (χ2v) is 4.14. The summed E-state index contributed by atoms with van der Waals surface area (Å²) in [7, 11) is 0. The number of hydrogen-bond acceptors (Lipinski definition) is 1. The lowest BCUT2D eigenvalue weighted by Crippen LogP contribution is -1.97. The van der Waals surface area contributed by atoms with Gasteiger partial charge in [-0.25, -0.2) is 4.39 Å². The number of aromatic nitrogens is 1. The SMILES string of the molecule is Cc1ccc2ccc(F)c(C(C)C)c2n1. The van der Waals surface area contributed by atoms with Crippen molar-refractivity contribution in [3.8, 4) is 0 Å². The Hall–Kier alpha value is -1.44. The van der Waals surface area contributed by atoms with Crippen molar-refractivity contribution < 1.29 is 4.39 Å². The third-order valence-corrected chi connectivity index (χ3v) is 2.56. The first-order valence-corrected chi connectivity index (χ1v) is 5.15. The zero-order valence-corrected chi connectivity index (χ0v) is 9.21. The van der Waals surface area contributed by atoms with E-state index in [1.54, 1.807) is 6.07 Å². The third kappa shape index (κ3) is 1.72. The van der Waals surface area contributed by atoms with Crippen LogP contribution in [0.3, 0.4) is 0 Å². The summed E-state index contributed by atoms with van der Waals surface area (Å²) in [5, 5.41) is 1.01. The number of halogens is 1. The van der Waals surface area contributed by atoms with Gasteiger partial charge in [-0.2, -0.15) is 0 Å². The van der Waals surface area contributed by atoms with Gasteiger partial charge < -0.3 is 0 Å². The summed E-state index contributed by atoms with van der Waals surface area (Å²) in [6, 6.07) is 7.24. The van der Waals surface area contributed by atoms with Crippen molar-refractivity contribution in [2.45, 2.75) is 26.7 Å². The lowest BCUT2D eigenvalue weighted by atomic mass is 9.99. The van der Waals surface area contributed by atoms with E-state index in [0.29, 0.717) is 0 Å². The molecule has 0 bridgehead atoms. The monoisotopic (exact) mass is 203 g/mol. The number of benzene rings is 1. The molecular weight excluding hydrogens is 189 g/mol. The highest BCUT2D eigenvalue weighted by Gasteiger charge is 2.12. The Balaban J connectivity index is 2.84. The number of fused-ring (bicyclic) bond motifs is 1. The molecule has 0 aliphatic rings. The van der Waals surface area contributed by atoms with E-state index in [4.69, 9.17) is 0 Å². The van der Waals surface area contributed by atoms with E-state index >= 15 is 0 Å². The van der Waals surface area contributed by atoms with Crippen LogP contribution in [0.2, 0.25) is 0 Å². The highest BCUT2D eigenvalue weighted by atomic mass is 19.1. The molecular formula is C13H14FN. The lowest BCUT2D eigenvalue weighted by molar-refractivity contribution is 0.601. The molecule has 78 valence electrons. The summed E-state index contributed by atoms with van der Waals surface area (Å²) in [5.41, 5.74) is 2.44. The van der Waals surface area contributed by atoms with Crippen LogP contribution in [0.25, 0.3) is 10.9 Å². The van der Waals surface area contributed by atoms with Gasteiger partial charge >= 0.3 is 0 Å². The van der Waals surface area contributed by atoms with E-state index in [2.05, 4.69) is 4.98 Å². The second kappa shape index (κ2) is 3.61. The molecule has 0 aliphatic carbocycles. The minimum absolute atomic E-state index is 0.156. The van der Waals surface area contributed by atoms with Crippen molar-refractivity contribution in [1.82, 2.24) is 4.98 Å². The van der Waals surface area contributed by atoms with Crippen LogP contribution in [-0.2, 0) is 0 Å². The number of nitrogens with zero attached hydrogens (tertiary/aromatic N) is 1. The molecule has 1 aromatic carbocycles. The van der Waals surface area contributed by atoms with Crippen molar-refractivity contribution in [3.63, 3.8) is 0 Å². The highest BCUT2D eigenvalue weighted by molar-refractivity contribution is 5.82. The summed E-state index contributed by atoms with van der Waals surface area (Å²) >= 11 is 0. The zero-order chi connectivity index (χ0) is 11.0. The third-order valence-electron chi connectivity index (χ3n) is 2.56. The van der Waals surface area contributed by atoms with E-state index in [9.17, 15) is 4.39 Å². The van der Waals surface area contributed by atoms with Crippen LogP contribution in [0, 0.1) is 12.7 Å². The zero-order valence-electron chi connectivity index (χ0n) is 9.21. The molecule has 0 saturated carbocycles. The molecule has 0 radical (unpaired) electrons. The predicted octanol–water partition coefficient (Wildman–Crippen LogP) is 3.81. The van der Waals surface area contributed by atoms with Crippen molar-refractivity contribution in [2.75, 3.05) is 0 Å². The first-order chi connectivity index (χ1) is 7.09. The Morgan fingerprint density at radius 3 is 2.47 bits per heavy atom. The van der Waals surface area contributed by atoms with E-state index in [1.165, 1.54) is 6.07 Å². The van der Waals surface area contributed by atoms with Crippen LogP contribution in [0.15, 0.2) is 24.3 Å². The minimum atomic E-state index is -0.157. The topological polar surface area (TPSA) is 12.9 Å². The largest absolute Gasteiger partial charge is 0.253 e. The maximum absolute atomic E-state index is 13.7.